The van der Waals surface area contributed by atoms with Gasteiger partial charge in [0.05, 0.1) is 7.11 Å². The monoisotopic (exact) mass is 455 g/mol. The highest BCUT2D eigenvalue weighted by Gasteiger charge is 2.54. The summed E-state index contributed by atoms with van der Waals surface area (Å²) in [6.45, 7) is 4.19. The first-order valence-corrected chi connectivity index (χ1v) is 12.4. The number of amides is 3. The summed E-state index contributed by atoms with van der Waals surface area (Å²) in [7, 11) is 3.41. The fourth-order valence-electron chi connectivity index (χ4n) is 5.05. The van der Waals surface area contributed by atoms with Crippen LogP contribution in [0.3, 0.4) is 0 Å². The molecule has 0 spiro atoms. The highest BCUT2D eigenvalue weighted by Crippen LogP contribution is 2.33. The van der Waals surface area contributed by atoms with Crippen molar-refractivity contribution in [2.45, 2.75) is 70.5 Å². The highest BCUT2D eigenvalue weighted by molar-refractivity contribution is 6.07. The Labute approximate surface area is 197 Å². The van der Waals surface area contributed by atoms with Gasteiger partial charge in [0.15, 0.2) is 12.2 Å². The molecule has 1 aromatic carbocycles. The summed E-state index contributed by atoms with van der Waals surface area (Å²) in [6.07, 6.45) is 9.00. The molecule has 0 aliphatic carbocycles. The zero-order chi connectivity index (χ0) is 23.4. The van der Waals surface area contributed by atoms with Crippen LogP contribution in [-0.4, -0.2) is 78.6 Å². The first-order chi connectivity index (χ1) is 16.1. The fourth-order valence-corrected chi connectivity index (χ4v) is 5.05. The van der Waals surface area contributed by atoms with Gasteiger partial charge in [-0.05, 0) is 30.7 Å². The van der Waals surface area contributed by atoms with E-state index in [2.05, 4.69) is 16.7 Å². The van der Waals surface area contributed by atoms with Crippen molar-refractivity contribution in [3.05, 3.63) is 24.3 Å². The zero-order valence-corrected chi connectivity index (χ0v) is 20.2. The summed E-state index contributed by atoms with van der Waals surface area (Å²) < 4.78 is 5.26. The van der Waals surface area contributed by atoms with E-state index in [9.17, 15) is 9.59 Å². The minimum atomic E-state index is -0.462. The minimum Gasteiger partial charge on any atom is -0.497 e. The number of hydrogen-bond acceptors (Lipinski definition) is 6. The molecule has 0 aromatic heterocycles. The molecule has 0 bridgehead atoms. The lowest BCUT2D eigenvalue weighted by Gasteiger charge is -2.40. The van der Waals surface area contributed by atoms with E-state index in [1.54, 1.807) is 19.1 Å². The van der Waals surface area contributed by atoms with Crippen LogP contribution >= 0.6 is 0 Å². The molecule has 180 valence electrons. The third kappa shape index (κ3) is 4.66. The quantitative estimate of drug-likeness (QED) is 0.473. The number of nitrogens with zero attached hydrogens (tertiary/aromatic N) is 5. The van der Waals surface area contributed by atoms with Crippen LogP contribution in [-0.2, 0) is 4.79 Å². The number of carbonyl (C=O) groups excluding carboxylic acids is 2. The van der Waals surface area contributed by atoms with Crippen molar-refractivity contribution >= 4 is 23.6 Å². The number of anilines is 1. The Bertz CT molecular complexity index is 871. The SMILES string of the molecule is CCCCCCCCCCN1C(=O)C2C(N=C3N(c4ccc(OC)cc4)CCN32)N(C)C1=O. The number of imide groups is 1. The van der Waals surface area contributed by atoms with Crippen molar-refractivity contribution in [3.63, 3.8) is 0 Å². The Morgan fingerprint density at radius 2 is 1.64 bits per heavy atom. The summed E-state index contributed by atoms with van der Waals surface area (Å²) in [5.41, 5.74) is 1.01. The van der Waals surface area contributed by atoms with E-state index in [4.69, 9.17) is 9.73 Å². The lowest BCUT2D eigenvalue weighted by molar-refractivity contribution is -0.137. The first kappa shape index (κ1) is 23.4. The second kappa shape index (κ2) is 10.4. The van der Waals surface area contributed by atoms with Crippen LogP contribution in [0.25, 0.3) is 0 Å². The standard InChI is InChI=1S/C25H37N5O3/c1-4-5-6-7-8-9-10-11-16-30-23(31)21-22(27(2)25(30)32)26-24-28(17-18-29(21)24)19-12-14-20(33-3)15-13-19/h12-15,21-22H,4-11,16-18H2,1-3H3. The molecule has 2 saturated heterocycles. The van der Waals surface area contributed by atoms with Gasteiger partial charge in [0, 0.05) is 32.4 Å². The van der Waals surface area contributed by atoms with Crippen LogP contribution in [0.2, 0.25) is 0 Å². The number of hydrogen-bond donors (Lipinski definition) is 0. The van der Waals surface area contributed by atoms with Gasteiger partial charge in [-0.3, -0.25) is 9.69 Å². The number of rotatable bonds is 11. The molecule has 3 heterocycles. The smallest absolute Gasteiger partial charge is 0.328 e. The molecular formula is C25H37N5O3. The zero-order valence-electron chi connectivity index (χ0n) is 20.2. The van der Waals surface area contributed by atoms with E-state index in [-0.39, 0.29) is 11.9 Å². The van der Waals surface area contributed by atoms with Crippen LogP contribution in [0.4, 0.5) is 10.5 Å². The van der Waals surface area contributed by atoms with Gasteiger partial charge in [0.25, 0.3) is 5.91 Å². The third-order valence-electron chi connectivity index (χ3n) is 7.00. The summed E-state index contributed by atoms with van der Waals surface area (Å²) in [5.74, 6) is 1.47. The Balaban J connectivity index is 1.37. The molecule has 8 heteroatoms. The van der Waals surface area contributed by atoms with E-state index in [0.717, 1.165) is 43.2 Å². The first-order valence-electron chi connectivity index (χ1n) is 12.4. The van der Waals surface area contributed by atoms with Gasteiger partial charge in [-0.2, -0.15) is 0 Å². The molecule has 8 nitrogen and oxygen atoms in total. The Kier molecular flexibility index (Phi) is 7.40. The van der Waals surface area contributed by atoms with E-state index >= 15 is 0 Å². The molecule has 2 unspecified atom stereocenters. The molecular weight excluding hydrogens is 418 g/mol. The van der Waals surface area contributed by atoms with Crippen LogP contribution in [0.15, 0.2) is 29.3 Å². The van der Waals surface area contributed by atoms with Crippen molar-refractivity contribution in [3.8, 4) is 5.75 Å². The second-order valence-corrected chi connectivity index (χ2v) is 9.19. The normalized spacial score (nSPS) is 22.1. The van der Waals surface area contributed by atoms with E-state index in [1.165, 1.54) is 37.0 Å². The number of fused-ring (bicyclic) bond motifs is 3. The van der Waals surface area contributed by atoms with Gasteiger partial charge in [0.2, 0.25) is 5.96 Å². The summed E-state index contributed by atoms with van der Waals surface area (Å²) in [4.78, 5) is 38.5. The van der Waals surface area contributed by atoms with Crippen molar-refractivity contribution in [1.82, 2.24) is 14.7 Å². The van der Waals surface area contributed by atoms with Crippen molar-refractivity contribution in [1.29, 1.82) is 0 Å². The van der Waals surface area contributed by atoms with Crippen LogP contribution in [0.1, 0.15) is 58.3 Å². The number of benzene rings is 1. The average molecular weight is 456 g/mol. The minimum absolute atomic E-state index is 0.110. The number of guanidine groups is 1. The predicted octanol–water partition coefficient (Wildman–Crippen LogP) is 3.92. The number of unbranched alkanes of at least 4 members (excludes halogenated alkanes) is 7. The maximum atomic E-state index is 13.4. The highest BCUT2D eigenvalue weighted by atomic mass is 16.5. The molecule has 1 aromatic rings. The average Bonchev–Trinajstić information content (AvgIpc) is 3.41. The van der Waals surface area contributed by atoms with E-state index in [1.807, 2.05) is 24.3 Å². The van der Waals surface area contributed by atoms with Crippen molar-refractivity contribution < 1.29 is 14.3 Å². The largest absolute Gasteiger partial charge is 0.497 e. The number of likely N-dealkylation sites (N-methyl/N-ethyl adjacent to an activating group) is 1. The van der Waals surface area contributed by atoms with Crippen LogP contribution in [0, 0.1) is 0 Å². The van der Waals surface area contributed by atoms with Gasteiger partial charge < -0.3 is 19.4 Å². The Hall–Kier alpha value is -2.77. The molecule has 0 N–H and O–H groups in total. The molecule has 2 fully saturated rings. The number of methoxy groups -OCH3 is 1. The van der Waals surface area contributed by atoms with Gasteiger partial charge in [-0.25, -0.2) is 9.79 Å². The van der Waals surface area contributed by atoms with Crippen LogP contribution in [0.5, 0.6) is 5.75 Å². The summed E-state index contributed by atoms with van der Waals surface area (Å²) in [5, 5.41) is 0. The number of ether oxygens (including phenoxy) is 1. The lowest BCUT2D eigenvalue weighted by Crippen LogP contribution is -2.64. The molecule has 4 rings (SSSR count). The van der Waals surface area contributed by atoms with Crippen molar-refractivity contribution in [2.24, 2.45) is 4.99 Å². The lowest BCUT2D eigenvalue weighted by atomic mass is 10.1. The topological polar surface area (TPSA) is 68.7 Å². The number of aliphatic imine (C=N–C) groups is 1. The molecule has 0 radical (unpaired) electrons. The van der Waals surface area contributed by atoms with E-state index in [0.29, 0.717) is 13.1 Å². The summed E-state index contributed by atoms with van der Waals surface area (Å²) in [6, 6.07) is 7.18. The van der Waals surface area contributed by atoms with E-state index < -0.39 is 12.2 Å². The van der Waals surface area contributed by atoms with Gasteiger partial charge >= 0.3 is 6.03 Å². The second-order valence-electron chi connectivity index (χ2n) is 9.19. The Morgan fingerprint density at radius 3 is 2.30 bits per heavy atom. The maximum Gasteiger partial charge on any atom is 0.328 e. The van der Waals surface area contributed by atoms with Crippen molar-refractivity contribution in [2.75, 3.05) is 38.7 Å². The molecule has 3 amide bonds. The molecule has 0 saturated carbocycles. The predicted molar refractivity (Wildman–Crippen MR) is 130 cm³/mol. The number of carbonyl (C=O) groups is 2. The Morgan fingerprint density at radius 1 is 0.970 bits per heavy atom. The number of urea groups is 1. The maximum absolute atomic E-state index is 13.4. The van der Waals surface area contributed by atoms with Crippen LogP contribution < -0.4 is 9.64 Å². The fraction of sp³-hybridized carbons (Fsp3) is 0.640. The van der Waals surface area contributed by atoms with Gasteiger partial charge in [-0.15, -0.1) is 0 Å². The van der Waals surface area contributed by atoms with Gasteiger partial charge in [-0.1, -0.05) is 51.9 Å². The summed E-state index contributed by atoms with van der Waals surface area (Å²) >= 11 is 0. The third-order valence-corrected chi connectivity index (χ3v) is 7.00. The molecule has 33 heavy (non-hydrogen) atoms. The molecule has 3 aliphatic rings. The van der Waals surface area contributed by atoms with Gasteiger partial charge in [0.1, 0.15) is 5.75 Å². The molecule has 3 aliphatic heterocycles. The molecule has 2 atom stereocenters.